The molecule has 0 saturated carbocycles. The van der Waals surface area contributed by atoms with E-state index >= 15 is 0 Å². The minimum absolute atomic E-state index is 0.827. The molecule has 0 atom stereocenters. The van der Waals surface area contributed by atoms with E-state index in [2.05, 4.69) is 91.0 Å². The van der Waals surface area contributed by atoms with Gasteiger partial charge in [-0.15, -0.1) is 0 Å². The molecule has 186 valence electrons. The normalized spacial score (nSPS) is 13.0. The molecule has 5 aromatic rings. The first kappa shape index (κ1) is 24.1. The SMILES string of the molecule is C(=Cc1cc(-c2ccccc2)[o+]c(-c2ccccc2)c1)C=C1C=C(c2ccccc2)OC(c2ccccc2)=C1. The lowest BCUT2D eigenvalue weighted by Gasteiger charge is -2.18. The predicted molar refractivity (Wildman–Crippen MR) is 161 cm³/mol. The molecule has 1 aromatic heterocycles. The molecule has 0 spiro atoms. The number of hydrogen-bond acceptors (Lipinski definition) is 1. The second kappa shape index (κ2) is 11.5. The van der Waals surface area contributed by atoms with Crippen LogP contribution in [0.1, 0.15) is 16.7 Å². The fraction of sp³-hybridized carbons (Fsp3) is 0. The highest BCUT2D eigenvalue weighted by Crippen LogP contribution is 2.32. The standard InChI is InChI=1S/C37H27O2/c1-5-16-30(17-6-1)34-24-28(25-35(38-34)31-18-7-2-8-19-31)14-13-15-29-26-36(32-20-9-3-10-21-32)39-37(27-29)33-22-11-4-12-23-33/h1-27H/q+1. The Labute approximate surface area is 229 Å². The predicted octanol–water partition coefficient (Wildman–Crippen LogP) is 9.95. The highest BCUT2D eigenvalue weighted by atomic mass is 16.5. The van der Waals surface area contributed by atoms with E-state index in [4.69, 9.17) is 9.15 Å². The minimum atomic E-state index is 0.827. The van der Waals surface area contributed by atoms with Gasteiger partial charge in [0.15, 0.2) is 0 Å². The van der Waals surface area contributed by atoms with Gasteiger partial charge in [-0.3, -0.25) is 0 Å². The van der Waals surface area contributed by atoms with Crippen molar-refractivity contribution in [3.8, 4) is 22.6 Å². The molecular formula is C37H27O2+. The topological polar surface area (TPSA) is 20.5 Å². The maximum atomic E-state index is 6.33. The van der Waals surface area contributed by atoms with Gasteiger partial charge in [0.05, 0.1) is 23.3 Å². The Kier molecular flexibility index (Phi) is 7.09. The number of allylic oxidation sites excluding steroid dienone is 5. The first-order valence-corrected chi connectivity index (χ1v) is 13.0. The highest BCUT2D eigenvalue weighted by Gasteiger charge is 2.19. The van der Waals surface area contributed by atoms with Crippen LogP contribution in [0.15, 0.2) is 168 Å². The molecule has 2 nitrogen and oxygen atoms in total. The number of hydrogen-bond donors (Lipinski definition) is 0. The van der Waals surface area contributed by atoms with Gasteiger partial charge in [0.25, 0.3) is 0 Å². The summed E-state index contributed by atoms with van der Waals surface area (Å²) in [6.07, 6.45) is 10.5. The first-order valence-electron chi connectivity index (χ1n) is 13.0. The molecule has 0 saturated heterocycles. The fourth-order valence-corrected chi connectivity index (χ4v) is 4.49. The zero-order chi connectivity index (χ0) is 26.3. The van der Waals surface area contributed by atoms with Crippen molar-refractivity contribution in [2.45, 2.75) is 0 Å². The van der Waals surface area contributed by atoms with Gasteiger partial charge < -0.3 is 4.74 Å². The molecule has 4 aromatic carbocycles. The van der Waals surface area contributed by atoms with Crippen molar-refractivity contribution in [2.24, 2.45) is 0 Å². The van der Waals surface area contributed by atoms with Crippen molar-refractivity contribution in [1.29, 1.82) is 0 Å². The van der Waals surface area contributed by atoms with Crippen molar-refractivity contribution in [3.05, 3.63) is 180 Å². The Morgan fingerprint density at radius 3 is 1.33 bits per heavy atom. The van der Waals surface area contributed by atoms with Crippen molar-refractivity contribution in [1.82, 2.24) is 0 Å². The van der Waals surface area contributed by atoms with Crippen LogP contribution in [-0.2, 0) is 4.74 Å². The number of benzene rings is 4. The highest BCUT2D eigenvalue weighted by molar-refractivity contribution is 5.78. The van der Waals surface area contributed by atoms with Crippen LogP contribution < -0.4 is 0 Å². The molecule has 0 fully saturated rings. The third-order valence-electron chi connectivity index (χ3n) is 6.44. The quantitative estimate of drug-likeness (QED) is 0.215. The Balaban J connectivity index is 1.37. The lowest BCUT2D eigenvalue weighted by Crippen LogP contribution is -1.99. The van der Waals surface area contributed by atoms with E-state index in [1.807, 2.05) is 72.8 Å². The summed E-state index contributed by atoms with van der Waals surface area (Å²) in [5, 5.41) is 0. The summed E-state index contributed by atoms with van der Waals surface area (Å²) in [7, 11) is 0. The first-order chi connectivity index (χ1) is 19.3. The van der Waals surface area contributed by atoms with Crippen molar-refractivity contribution in [3.63, 3.8) is 0 Å². The maximum Gasteiger partial charge on any atom is 0.361 e. The van der Waals surface area contributed by atoms with E-state index in [9.17, 15) is 0 Å². The molecular weight excluding hydrogens is 476 g/mol. The maximum absolute atomic E-state index is 6.33. The van der Waals surface area contributed by atoms with Crippen molar-refractivity contribution in [2.75, 3.05) is 0 Å². The molecule has 2 heterocycles. The molecule has 1 aliphatic rings. The van der Waals surface area contributed by atoms with E-state index in [1.54, 1.807) is 0 Å². The van der Waals surface area contributed by atoms with Crippen molar-refractivity contribution >= 4 is 17.6 Å². The monoisotopic (exact) mass is 503 g/mol. The molecule has 2 heteroatoms. The molecule has 0 aliphatic carbocycles. The van der Waals surface area contributed by atoms with Gasteiger partial charge >= 0.3 is 11.5 Å². The van der Waals surface area contributed by atoms with Crippen molar-refractivity contribution < 1.29 is 9.15 Å². The average molecular weight is 504 g/mol. The number of rotatable bonds is 6. The number of ether oxygens (including phenoxy) is 1. The minimum Gasteiger partial charge on any atom is -0.456 e. The zero-order valence-corrected chi connectivity index (χ0v) is 21.4. The fourth-order valence-electron chi connectivity index (χ4n) is 4.49. The van der Waals surface area contributed by atoms with Gasteiger partial charge in [-0.2, -0.15) is 0 Å². The van der Waals surface area contributed by atoms with Gasteiger partial charge in [-0.1, -0.05) is 115 Å². The summed E-state index contributed by atoms with van der Waals surface area (Å²) in [4.78, 5) is 0. The third-order valence-corrected chi connectivity index (χ3v) is 6.44. The van der Waals surface area contributed by atoms with Crippen LogP contribution in [0.3, 0.4) is 0 Å². The van der Waals surface area contributed by atoms with E-state index in [0.717, 1.165) is 56.4 Å². The van der Waals surface area contributed by atoms with Crippen LogP contribution in [0.4, 0.5) is 0 Å². The van der Waals surface area contributed by atoms with Crippen LogP contribution in [0.5, 0.6) is 0 Å². The molecule has 0 N–H and O–H groups in total. The summed E-state index contributed by atoms with van der Waals surface area (Å²) in [5.41, 5.74) is 6.28. The lowest BCUT2D eigenvalue weighted by atomic mass is 10.0. The van der Waals surface area contributed by atoms with Crippen LogP contribution in [0.25, 0.3) is 40.2 Å². The molecule has 1 aliphatic heterocycles. The largest absolute Gasteiger partial charge is 0.456 e. The molecule has 0 unspecified atom stereocenters. The Morgan fingerprint density at radius 1 is 0.487 bits per heavy atom. The molecule has 0 radical (unpaired) electrons. The Morgan fingerprint density at radius 2 is 0.897 bits per heavy atom. The summed E-state index contributed by atoms with van der Waals surface area (Å²) < 4.78 is 12.7. The lowest BCUT2D eigenvalue weighted by molar-refractivity contribution is 0.467. The zero-order valence-electron chi connectivity index (χ0n) is 21.4. The van der Waals surface area contributed by atoms with Gasteiger partial charge in [0.1, 0.15) is 11.5 Å². The Hall–Kier alpha value is -5.21. The molecule has 39 heavy (non-hydrogen) atoms. The molecule has 0 amide bonds. The van der Waals surface area contributed by atoms with Gasteiger partial charge in [0, 0.05) is 11.1 Å². The van der Waals surface area contributed by atoms with Crippen LogP contribution in [0.2, 0.25) is 0 Å². The van der Waals surface area contributed by atoms with Crippen LogP contribution in [0, 0.1) is 0 Å². The van der Waals surface area contributed by atoms with Gasteiger partial charge in [-0.05, 0) is 47.6 Å². The molecule has 6 rings (SSSR count). The van der Waals surface area contributed by atoms with E-state index in [0.29, 0.717) is 0 Å². The van der Waals surface area contributed by atoms with E-state index in [1.165, 1.54) is 0 Å². The van der Waals surface area contributed by atoms with Crippen LogP contribution in [-0.4, -0.2) is 0 Å². The average Bonchev–Trinajstić information content (AvgIpc) is 3.02. The molecule has 0 bridgehead atoms. The van der Waals surface area contributed by atoms with E-state index in [-0.39, 0.29) is 0 Å². The third kappa shape index (κ3) is 5.87. The summed E-state index contributed by atoms with van der Waals surface area (Å²) in [6, 6.07) is 45.0. The summed E-state index contributed by atoms with van der Waals surface area (Å²) in [5.74, 6) is 3.31. The second-order valence-corrected chi connectivity index (χ2v) is 9.23. The smallest absolute Gasteiger partial charge is 0.361 e. The van der Waals surface area contributed by atoms with E-state index < -0.39 is 0 Å². The van der Waals surface area contributed by atoms with Gasteiger partial charge in [-0.25, -0.2) is 4.42 Å². The second-order valence-electron chi connectivity index (χ2n) is 9.23. The summed E-state index contributed by atoms with van der Waals surface area (Å²) in [6.45, 7) is 0. The summed E-state index contributed by atoms with van der Waals surface area (Å²) >= 11 is 0. The Bertz CT molecular complexity index is 1560. The van der Waals surface area contributed by atoms with Crippen LogP contribution >= 0.6 is 0 Å². The van der Waals surface area contributed by atoms with Gasteiger partial charge in [0.2, 0.25) is 0 Å².